The lowest BCUT2D eigenvalue weighted by Crippen LogP contribution is -2.15. The fraction of sp³-hybridized carbons (Fsp3) is 0.0833. The first-order valence-corrected chi connectivity index (χ1v) is 8.15. The normalized spacial score (nSPS) is 11.3. The molecule has 0 aliphatic heterocycles. The van der Waals surface area contributed by atoms with Crippen LogP contribution in [0.2, 0.25) is 5.15 Å². The molecule has 1 aromatic carbocycles. The molecule has 0 aliphatic carbocycles. The zero-order valence-corrected chi connectivity index (χ0v) is 13.6. The summed E-state index contributed by atoms with van der Waals surface area (Å²) in [7, 11) is -3.74. The summed E-state index contributed by atoms with van der Waals surface area (Å²) in [4.78, 5) is 3.93. The summed E-state index contributed by atoms with van der Waals surface area (Å²) in [5.41, 5.74) is 6.99. The van der Waals surface area contributed by atoms with Crippen molar-refractivity contribution in [3.63, 3.8) is 0 Å². The number of hydrogen-bond donors (Lipinski definition) is 2. The van der Waals surface area contributed by atoms with E-state index >= 15 is 0 Å². The fourth-order valence-corrected chi connectivity index (χ4v) is 3.68. The SMILES string of the molecule is Cc1c(N)cc(Br)cc1S(=O)(=O)Nc1ccc(Cl)nc1. The van der Waals surface area contributed by atoms with Gasteiger partial charge in [0.15, 0.2) is 0 Å². The molecule has 0 unspecified atom stereocenters. The third kappa shape index (κ3) is 3.23. The van der Waals surface area contributed by atoms with E-state index in [2.05, 4.69) is 25.6 Å². The number of nitrogen functional groups attached to an aromatic ring is 1. The molecule has 0 atom stereocenters. The first kappa shape index (κ1) is 15.1. The Morgan fingerprint density at radius 2 is 2.05 bits per heavy atom. The van der Waals surface area contributed by atoms with E-state index in [0.29, 0.717) is 21.4 Å². The Morgan fingerprint density at radius 1 is 1.35 bits per heavy atom. The van der Waals surface area contributed by atoms with Crippen molar-refractivity contribution >= 4 is 48.9 Å². The summed E-state index contributed by atoms with van der Waals surface area (Å²) < 4.78 is 27.8. The van der Waals surface area contributed by atoms with Crippen molar-refractivity contribution in [1.29, 1.82) is 0 Å². The molecule has 5 nitrogen and oxygen atoms in total. The first-order valence-electron chi connectivity index (χ1n) is 5.49. The first-order chi connectivity index (χ1) is 9.29. The number of rotatable bonds is 3. The van der Waals surface area contributed by atoms with E-state index in [1.807, 2.05) is 0 Å². The molecule has 0 saturated heterocycles. The summed E-state index contributed by atoms with van der Waals surface area (Å²) in [6.07, 6.45) is 1.34. The molecular formula is C12H11BrClN3O2S. The third-order valence-corrected chi connectivity index (χ3v) is 4.82. The van der Waals surface area contributed by atoms with Crippen molar-refractivity contribution in [3.05, 3.63) is 45.7 Å². The van der Waals surface area contributed by atoms with Gasteiger partial charge in [-0.3, -0.25) is 4.72 Å². The van der Waals surface area contributed by atoms with Crippen molar-refractivity contribution in [2.75, 3.05) is 10.5 Å². The monoisotopic (exact) mass is 375 g/mol. The zero-order chi connectivity index (χ0) is 14.9. The molecule has 0 bridgehead atoms. The van der Waals surface area contributed by atoms with E-state index in [4.69, 9.17) is 17.3 Å². The van der Waals surface area contributed by atoms with Gasteiger partial charge >= 0.3 is 0 Å². The zero-order valence-electron chi connectivity index (χ0n) is 10.4. The van der Waals surface area contributed by atoms with E-state index in [-0.39, 0.29) is 10.0 Å². The summed E-state index contributed by atoms with van der Waals surface area (Å²) >= 11 is 8.89. The highest BCUT2D eigenvalue weighted by atomic mass is 79.9. The van der Waals surface area contributed by atoms with Crippen LogP contribution in [0.4, 0.5) is 11.4 Å². The van der Waals surface area contributed by atoms with Crippen molar-refractivity contribution in [2.24, 2.45) is 0 Å². The maximum atomic E-state index is 12.4. The summed E-state index contributed by atoms with van der Waals surface area (Å²) in [6, 6.07) is 6.18. The number of nitrogens with zero attached hydrogens (tertiary/aromatic N) is 1. The molecule has 1 aromatic heterocycles. The molecule has 3 N–H and O–H groups in total. The van der Waals surface area contributed by atoms with E-state index in [1.54, 1.807) is 13.0 Å². The Morgan fingerprint density at radius 3 is 2.65 bits per heavy atom. The predicted molar refractivity (Wildman–Crippen MR) is 83.3 cm³/mol. The van der Waals surface area contributed by atoms with E-state index in [9.17, 15) is 8.42 Å². The minimum absolute atomic E-state index is 0.110. The van der Waals surface area contributed by atoms with Crippen molar-refractivity contribution < 1.29 is 8.42 Å². The molecule has 106 valence electrons. The maximum absolute atomic E-state index is 12.4. The average molecular weight is 377 g/mol. The largest absolute Gasteiger partial charge is 0.398 e. The number of aromatic nitrogens is 1. The van der Waals surface area contributed by atoms with Crippen LogP contribution in [0, 0.1) is 6.92 Å². The van der Waals surface area contributed by atoms with Crippen LogP contribution in [-0.2, 0) is 10.0 Å². The summed E-state index contributed by atoms with van der Waals surface area (Å²) in [6.45, 7) is 1.65. The number of sulfonamides is 1. The number of anilines is 2. The van der Waals surface area contributed by atoms with Gasteiger partial charge in [-0.1, -0.05) is 27.5 Å². The van der Waals surface area contributed by atoms with Crippen molar-refractivity contribution in [1.82, 2.24) is 4.98 Å². The minimum Gasteiger partial charge on any atom is -0.398 e. The van der Waals surface area contributed by atoms with Crippen LogP contribution in [0.5, 0.6) is 0 Å². The second kappa shape index (κ2) is 5.59. The van der Waals surface area contributed by atoms with Crippen LogP contribution in [0.15, 0.2) is 39.8 Å². The standard InChI is InChI=1S/C12H11BrClN3O2S/c1-7-10(15)4-8(13)5-11(7)20(18,19)17-9-2-3-12(14)16-6-9/h2-6,17H,15H2,1H3. The van der Waals surface area contributed by atoms with Gasteiger partial charge in [-0.2, -0.15) is 0 Å². The Labute approximate surface area is 130 Å². The average Bonchev–Trinajstić information content (AvgIpc) is 2.36. The van der Waals surface area contributed by atoms with E-state index in [0.717, 1.165) is 0 Å². The van der Waals surface area contributed by atoms with Crippen LogP contribution in [0.1, 0.15) is 5.56 Å². The second-order valence-corrected chi connectivity index (χ2v) is 7.05. The van der Waals surface area contributed by atoms with Gasteiger partial charge in [-0.15, -0.1) is 0 Å². The van der Waals surface area contributed by atoms with E-state index in [1.165, 1.54) is 24.4 Å². The quantitative estimate of drug-likeness (QED) is 0.636. The van der Waals surface area contributed by atoms with Gasteiger partial charge in [0, 0.05) is 10.2 Å². The molecule has 0 fully saturated rings. The van der Waals surface area contributed by atoms with Crippen LogP contribution < -0.4 is 10.5 Å². The highest BCUT2D eigenvalue weighted by Gasteiger charge is 2.19. The van der Waals surface area contributed by atoms with Gasteiger partial charge in [0.2, 0.25) is 0 Å². The molecule has 0 saturated carbocycles. The van der Waals surface area contributed by atoms with Crippen molar-refractivity contribution in [3.8, 4) is 0 Å². The number of nitrogens with two attached hydrogens (primary N) is 1. The van der Waals surface area contributed by atoms with Gasteiger partial charge in [-0.05, 0) is 36.8 Å². The lowest BCUT2D eigenvalue weighted by Gasteiger charge is -2.12. The maximum Gasteiger partial charge on any atom is 0.262 e. The van der Waals surface area contributed by atoms with Gasteiger partial charge in [-0.25, -0.2) is 13.4 Å². The topological polar surface area (TPSA) is 85.1 Å². The molecule has 2 rings (SSSR count). The predicted octanol–water partition coefficient (Wildman–Crippen LogP) is 3.19. The van der Waals surface area contributed by atoms with Crippen LogP contribution in [0.3, 0.4) is 0 Å². The number of halogens is 2. The van der Waals surface area contributed by atoms with Crippen LogP contribution in [0.25, 0.3) is 0 Å². The third-order valence-electron chi connectivity index (χ3n) is 2.63. The molecule has 0 radical (unpaired) electrons. The molecular weight excluding hydrogens is 366 g/mol. The summed E-state index contributed by atoms with van der Waals surface area (Å²) in [5, 5.41) is 0.288. The molecule has 0 amide bonds. The van der Waals surface area contributed by atoms with E-state index < -0.39 is 10.0 Å². The lowest BCUT2D eigenvalue weighted by molar-refractivity contribution is 0.600. The molecule has 1 heterocycles. The van der Waals surface area contributed by atoms with Gasteiger partial charge < -0.3 is 5.73 Å². The van der Waals surface area contributed by atoms with Crippen LogP contribution in [-0.4, -0.2) is 13.4 Å². The van der Waals surface area contributed by atoms with Gasteiger partial charge in [0.1, 0.15) is 5.15 Å². The smallest absolute Gasteiger partial charge is 0.262 e. The fourth-order valence-electron chi connectivity index (χ4n) is 1.60. The number of pyridine rings is 1. The highest BCUT2D eigenvalue weighted by Crippen LogP contribution is 2.27. The van der Waals surface area contributed by atoms with Crippen molar-refractivity contribution in [2.45, 2.75) is 11.8 Å². The molecule has 20 heavy (non-hydrogen) atoms. The number of benzene rings is 1. The van der Waals surface area contributed by atoms with Gasteiger partial charge in [0.05, 0.1) is 16.8 Å². The number of hydrogen-bond acceptors (Lipinski definition) is 4. The highest BCUT2D eigenvalue weighted by molar-refractivity contribution is 9.10. The Hall–Kier alpha value is -1.31. The Kier molecular flexibility index (Phi) is 4.22. The Balaban J connectivity index is 2.43. The molecule has 8 heteroatoms. The van der Waals surface area contributed by atoms with Crippen LogP contribution >= 0.6 is 27.5 Å². The second-order valence-electron chi connectivity index (χ2n) is 4.09. The number of nitrogens with one attached hydrogen (secondary N) is 1. The van der Waals surface area contributed by atoms with Gasteiger partial charge in [0.25, 0.3) is 10.0 Å². The summed E-state index contributed by atoms with van der Waals surface area (Å²) in [5.74, 6) is 0. The molecule has 2 aromatic rings. The lowest BCUT2D eigenvalue weighted by atomic mass is 10.2. The molecule has 0 aliphatic rings. The molecule has 0 spiro atoms. The minimum atomic E-state index is -3.74. The Bertz CT molecular complexity index is 748.